The van der Waals surface area contributed by atoms with Crippen LogP contribution in [0.5, 0.6) is 0 Å². The number of halogens is 1. The fraction of sp³-hybridized carbons (Fsp3) is 0.929. The Morgan fingerprint density at radius 3 is 2.41 bits per heavy atom. The van der Waals surface area contributed by atoms with Crippen molar-refractivity contribution in [2.24, 2.45) is 11.8 Å². The molecule has 1 N–H and O–H groups in total. The first-order valence-corrected chi connectivity index (χ1v) is 7.60. The van der Waals surface area contributed by atoms with E-state index in [2.05, 4.69) is 5.32 Å². The highest BCUT2D eigenvalue weighted by Crippen LogP contribution is 2.29. The van der Waals surface area contributed by atoms with Crippen LogP contribution in [-0.4, -0.2) is 17.8 Å². The second-order valence-electron chi connectivity index (χ2n) is 5.72. The smallest absolute Gasteiger partial charge is 0.220 e. The van der Waals surface area contributed by atoms with Gasteiger partial charge in [-0.25, -0.2) is 0 Å². The van der Waals surface area contributed by atoms with Gasteiger partial charge in [-0.3, -0.25) is 4.79 Å². The lowest BCUT2D eigenvalue weighted by atomic mass is 9.88. The number of hydrogen-bond donors (Lipinski definition) is 1. The summed E-state index contributed by atoms with van der Waals surface area (Å²) < 4.78 is 0. The van der Waals surface area contributed by atoms with E-state index in [1.54, 1.807) is 0 Å². The minimum atomic E-state index is 0.242. The lowest BCUT2D eigenvalue weighted by molar-refractivity contribution is -0.122. The summed E-state index contributed by atoms with van der Waals surface area (Å²) in [7, 11) is 0. The van der Waals surface area contributed by atoms with Gasteiger partial charge < -0.3 is 5.32 Å². The zero-order chi connectivity index (χ0) is 12.1. The van der Waals surface area contributed by atoms with Gasteiger partial charge in [0.1, 0.15) is 0 Å². The number of carbonyl (C=O) groups is 1. The first kappa shape index (κ1) is 13.2. The normalized spacial score (nSPS) is 30.4. The van der Waals surface area contributed by atoms with E-state index < -0.39 is 0 Å². The number of nitrogens with one attached hydrogen (secondary N) is 1. The monoisotopic (exact) mass is 257 g/mol. The molecule has 2 atom stereocenters. The van der Waals surface area contributed by atoms with Gasteiger partial charge >= 0.3 is 0 Å². The van der Waals surface area contributed by atoms with Gasteiger partial charge in [-0.15, -0.1) is 11.6 Å². The molecule has 0 radical (unpaired) electrons. The first-order chi connectivity index (χ1) is 8.25. The Morgan fingerprint density at radius 1 is 1.06 bits per heavy atom. The van der Waals surface area contributed by atoms with E-state index in [0.717, 1.165) is 19.4 Å². The van der Waals surface area contributed by atoms with Gasteiger partial charge in [0.25, 0.3) is 0 Å². The Kier molecular flexibility index (Phi) is 5.15. The third kappa shape index (κ3) is 4.17. The second kappa shape index (κ2) is 6.63. The molecule has 2 rings (SSSR count). The molecule has 0 spiro atoms. The lowest BCUT2D eigenvalue weighted by Gasteiger charge is -2.27. The van der Waals surface area contributed by atoms with Crippen LogP contribution in [0, 0.1) is 11.8 Å². The van der Waals surface area contributed by atoms with Crippen LogP contribution >= 0.6 is 11.6 Å². The average molecular weight is 258 g/mol. The highest BCUT2D eigenvalue weighted by atomic mass is 35.5. The van der Waals surface area contributed by atoms with Crippen molar-refractivity contribution in [3.63, 3.8) is 0 Å². The van der Waals surface area contributed by atoms with Gasteiger partial charge in [0.15, 0.2) is 0 Å². The van der Waals surface area contributed by atoms with Crippen LogP contribution in [-0.2, 0) is 4.79 Å². The van der Waals surface area contributed by atoms with Crippen LogP contribution in [0.25, 0.3) is 0 Å². The third-order valence-electron chi connectivity index (χ3n) is 4.33. The van der Waals surface area contributed by atoms with Crippen molar-refractivity contribution in [2.45, 2.75) is 63.2 Å². The summed E-state index contributed by atoms with van der Waals surface area (Å²) in [5.41, 5.74) is 0. The van der Waals surface area contributed by atoms with E-state index in [1.807, 2.05) is 0 Å². The predicted octanol–water partition coefficient (Wildman–Crippen LogP) is 3.48. The maximum absolute atomic E-state index is 11.8. The van der Waals surface area contributed by atoms with Crippen molar-refractivity contribution in [2.75, 3.05) is 6.54 Å². The molecule has 0 aromatic heterocycles. The topological polar surface area (TPSA) is 29.1 Å². The molecule has 2 saturated carbocycles. The minimum Gasteiger partial charge on any atom is -0.356 e. The minimum absolute atomic E-state index is 0.242. The van der Waals surface area contributed by atoms with Crippen molar-refractivity contribution in [3.05, 3.63) is 0 Å². The van der Waals surface area contributed by atoms with Gasteiger partial charge in [0.2, 0.25) is 5.91 Å². The zero-order valence-electron chi connectivity index (χ0n) is 10.6. The number of alkyl halides is 1. The summed E-state index contributed by atoms with van der Waals surface area (Å²) in [6.07, 6.45) is 10.7. The predicted molar refractivity (Wildman–Crippen MR) is 71.2 cm³/mol. The van der Waals surface area contributed by atoms with Crippen LogP contribution in [0.15, 0.2) is 0 Å². The van der Waals surface area contributed by atoms with Crippen molar-refractivity contribution in [1.29, 1.82) is 0 Å². The summed E-state index contributed by atoms with van der Waals surface area (Å²) in [4.78, 5) is 11.8. The molecule has 2 aliphatic carbocycles. The Bertz CT molecular complexity index is 251. The maximum Gasteiger partial charge on any atom is 0.220 e. The molecule has 0 heterocycles. The zero-order valence-corrected chi connectivity index (χ0v) is 11.3. The van der Waals surface area contributed by atoms with E-state index >= 15 is 0 Å². The van der Waals surface area contributed by atoms with Crippen molar-refractivity contribution in [3.8, 4) is 0 Å². The summed E-state index contributed by atoms with van der Waals surface area (Å²) in [6, 6.07) is 0. The molecule has 0 saturated heterocycles. The number of hydrogen-bond acceptors (Lipinski definition) is 1. The van der Waals surface area contributed by atoms with Crippen LogP contribution in [0.3, 0.4) is 0 Å². The molecule has 0 aliphatic heterocycles. The van der Waals surface area contributed by atoms with E-state index in [-0.39, 0.29) is 11.3 Å². The molecule has 17 heavy (non-hydrogen) atoms. The Morgan fingerprint density at radius 2 is 1.71 bits per heavy atom. The van der Waals surface area contributed by atoms with Crippen molar-refractivity contribution >= 4 is 17.5 Å². The fourth-order valence-electron chi connectivity index (χ4n) is 3.19. The summed E-state index contributed by atoms with van der Waals surface area (Å²) in [5.74, 6) is 1.39. The molecule has 2 nitrogen and oxygen atoms in total. The molecular weight excluding hydrogens is 234 g/mol. The molecule has 98 valence electrons. The number of carbonyl (C=O) groups excluding carboxylic acids is 1. The molecule has 0 aromatic carbocycles. The molecular formula is C14H24ClNO. The van der Waals surface area contributed by atoms with Gasteiger partial charge in [0, 0.05) is 18.3 Å². The Hall–Kier alpha value is -0.240. The highest BCUT2D eigenvalue weighted by molar-refractivity contribution is 6.20. The third-order valence-corrected chi connectivity index (χ3v) is 4.90. The van der Waals surface area contributed by atoms with Crippen LogP contribution < -0.4 is 5.32 Å². The van der Waals surface area contributed by atoms with Gasteiger partial charge in [-0.1, -0.05) is 25.7 Å². The Balaban J connectivity index is 1.64. The van der Waals surface area contributed by atoms with Crippen molar-refractivity contribution in [1.82, 2.24) is 5.32 Å². The van der Waals surface area contributed by atoms with Crippen LogP contribution in [0.2, 0.25) is 0 Å². The largest absolute Gasteiger partial charge is 0.356 e. The molecule has 2 unspecified atom stereocenters. The number of amides is 1. The fourth-order valence-corrected chi connectivity index (χ4v) is 3.56. The Labute approximate surface area is 109 Å². The molecule has 3 heteroatoms. The van der Waals surface area contributed by atoms with E-state index in [4.69, 9.17) is 11.6 Å². The SMILES string of the molecule is O=C(CC1CCCC1)NCC1CCCCC1Cl. The van der Waals surface area contributed by atoms with Gasteiger partial charge in [-0.2, -0.15) is 0 Å². The molecule has 1 amide bonds. The van der Waals surface area contributed by atoms with Gasteiger partial charge in [-0.05, 0) is 37.5 Å². The summed E-state index contributed by atoms with van der Waals surface area (Å²) in [6.45, 7) is 0.791. The average Bonchev–Trinajstić information content (AvgIpc) is 2.81. The van der Waals surface area contributed by atoms with Crippen LogP contribution in [0.4, 0.5) is 0 Å². The lowest BCUT2D eigenvalue weighted by Crippen LogP contribution is -2.35. The molecule has 0 aromatic rings. The highest BCUT2D eigenvalue weighted by Gasteiger charge is 2.24. The van der Waals surface area contributed by atoms with Gasteiger partial charge in [0.05, 0.1) is 0 Å². The maximum atomic E-state index is 11.8. The second-order valence-corrected chi connectivity index (χ2v) is 6.28. The van der Waals surface area contributed by atoms with Crippen LogP contribution in [0.1, 0.15) is 57.8 Å². The van der Waals surface area contributed by atoms with Crippen molar-refractivity contribution < 1.29 is 4.79 Å². The quantitative estimate of drug-likeness (QED) is 0.768. The first-order valence-electron chi connectivity index (χ1n) is 7.16. The summed E-state index contributed by atoms with van der Waals surface area (Å²) in [5, 5.41) is 3.36. The standard InChI is InChI=1S/C14H24ClNO/c15-13-8-4-3-7-12(13)10-16-14(17)9-11-5-1-2-6-11/h11-13H,1-10H2,(H,16,17). The molecule has 0 bridgehead atoms. The molecule has 2 aliphatic rings. The van der Waals surface area contributed by atoms with E-state index in [9.17, 15) is 4.79 Å². The number of rotatable bonds is 4. The molecule has 2 fully saturated rings. The van der Waals surface area contributed by atoms with E-state index in [0.29, 0.717) is 11.8 Å². The van der Waals surface area contributed by atoms with E-state index in [1.165, 1.54) is 44.9 Å². The summed E-state index contributed by atoms with van der Waals surface area (Å²) >= 11 is 6.29.